The van der Waals surface area contributed by atoms with Crippen LogP contribution < -0.4 is 0 Å². The first-order valence-corrected chi connectivity index (χ1v) is 5.93. The molecule has 1 aromatic carbocycles. The highest BCUT2D eigenvalue weighted by Gasteiger charge is 2.03. The van der Waals surface area contributed by atoms with Crippen LogP contribution in [0.25, 0.3) is 10.1 Å². The highest BCUT2D eigenvalue weighted by molar-refractivity contribution is 14.1. The molecular formula is C8H4BrIOS. The van der Waals surface area contributed by atoms with Crippen molar-refractivity contribution in [2.24, 2.45) is 0 Å². The minimum Gasteiger partial charge on any atom is -0.499 e. The average Bonchev–Trinajstić information content (AvgIpc) is 2.30. The van der Waals surface area contributed by atoms with E-state index in [0.717, 1.165) is 18.1 Å². The zero-order valence-electron chi connectivity index (χ0n) is 5.84. The van der Waals surface area contributed by atoms with E-state index < -0.39 is 0 Å². The zero-order chi connectivity index (χ0) is 8.72. The van der Waals surface area contributed by atoms with Crippen LogP contribution in [0.15, 0.2) is 22.7 Å². The lowest BCUT2D eigenvalue weighted by atomic mass is 10.3. The maximum atomic E-state index is 9.24. The minimum absolute atomic E-state index is 0.374. The number of halogens is 2. The summed E-state index contributed by atoms with van der Waals surface area (Å²) < 4.78 is 3.36. The second kappa shape index (κ2) is 3.16. The van der Waals surface area contributed by atoms with Crippen molar-refractivity contribution in [2.75, 3.05) is 0 Å². The lowest BCUT2D eigenvalue weighted by Crippen LogP contribution is -1.71. The Labute approximate surface area is 95.7 Å². The fourth-order valence-corrected chi connectivity index (χ4v) is 2.83. The molecule has 0 radical (unpaired) electrons. The fourth-order valence-electron chi connectivity index (χ4n) is 1.02. The molecule has 0 amide bonds. The lowest BCUT2D eigenvalue weighted by Gasteiger charge is -1.94. The Morgan fingerprint density at radius 3 is 2.83 bits per heavy atom. The van der Waals surface area contributed by atoms with Crippen molar-refractivity contribution in [2.45, 2.75) is 0 Å². The van der Waals surface area contributed by atoms with Crippen LogP contribution in [0.5, 0.6) is 5.06 Å². The second-order valence-electron chi connectivity index (χ2n) is 2.39. The number of fused-ring (bicyclic) bond motifs is 1. The normalized spacial score (nSPS) is 10.8. The van der Waals surface area contributed by atoms with E-state index in [0.29, 0.717) is 5.06 Å². The Balaban J connectivity index is 2.83. The van der Waals surface area contributed by atoms with Crippen LogP contribution in [0.4, 0.5) is 0 Å². The van der Waals surface area contributed by atoms with Gasteiger partial charge in [-0.05, 0) is 62.1 Å². The molecule has 0 aliphatic heterocycles. The summed E-state index contributed by atoms with van der Waals surface area (Å²) in [5.41, 5.74) is 0. The van der Waals surface area contributed by atoms with Crippen molar-refractivity contribution in [1.82, 2.24) is 0 Å². The van der Waals surface area contributed by atoms with E-state index >= 15 is 0 Å². The van der Waals surface area contributed by atoms with E-state index in [2.05, 4.69) is 44.6 Å². The van der Waals surface area contributed by atoms with Crippen molar-refractivity contribution >= 4 is 59.9 Å². The number of rotatable bonds is 0. The summed E-state index contributed by atoms with van der Waals surface area (Å²) in [6.07, 6.45) is 0. The quantitative estimate of drug-likeness (QED) is 0.709. The lowest BCUT2D eigenvalue weighted by molar-refractivity contribution is 0.491. The monoisotopic (exact) mass is 354 g/mol. The van der Waals surface area contributed by atoms with Gasteiger partial charge in [0.2, 0.25) is 0 Å². The predicted octanol–water partition coefficient (Wildman–Crippen LogP) is 3.97. The van der Waals surface area contributed by atoms with Crippen molar-refractivity contribution in [3.05, 3.63) is 26.2 Å². The molecular weight excluding hydrogens is 351 g/mol. The summed E-state index contributed by atoms with van der Waals surface area (Å²) in [7, 11) is 0. The van der Waals surface area contributed by atoms with Crippen LogP contribution in [0.2, 0.25) is 0 Å². The van der Waals surface area contributed by atoms with Gasteiger partial charge < -0.3 is 5.11 Å². The molecule has 2 rings (SSSR count). The van der Waals surface area contributed by atoms with E-state index in [4.69, 9.17) is 0 Å². The van der Waals surface area contributed by atoms with Gasteiger partial charge in [-0.3, -0.25) is 0 Å². The molecule has 0 saturated heterocycles. The summed E-state index contributed by atoms with van der Waals surface area (Å²) in [6.45, 7) is 0. The first-order valence-electron chi connectivity index (χ1n) is 3.24. The largest absolute Gasteiger partial charge is 0.499 e. The Kier molecular flexibility index (Phi) is 2.31. The molecule has 1 nitrogen and oxygen atoms in total. The van der Waals surface area contributed by atoms with Crippen LogP contribution in [-0.4, -0.2) is 5.11 Å². The van der Waals surface area contributed by atoms with Crippen molar-refractivity contribution in [3.63, 3.8) is 0 Å². The Morgan fingerprint density at radius 1 is 1.33 bits per heavy atom. The average molecular weight is 355 g/mol. The first-order chi connectivity index (χ1) is 5.66. The Hall–Kier alpha value is 0.190. The molecule has 1 aromatic heterocycles. The van der Waals surface area contributed by atoms with Crippen LogP contribution in [-0.2, 0) is 0 Å². The molecule has 0 spiro atoms. The Morgan fingerprint density at radius 2 is 2.08 bits per heavy atom. The summed E-state index contributed by atoms with van der Waals surface area (Å²) in [5.74, 6) is 0. The summed E-state index contributed by atoms with van der Waals surface area (Å²) >= 11 is 7.10. The molecule has 0 saturated carbocycles. The zero-order valence-corrected chi connectivity index (χ0v) is 10.4. The standard InChI is InChI=1S/C8H4BrIOS/c9-5-3-7-4(1-6(5)10)2-8(11)12-7/h1-3,11H. The molecule has 0 bridgehead atoms. The third kappa shape index (κ3) is 1.47. The Bertz CT molecular complexity index is 399. The topological polar surface area (TPSA) is 20.2 Å². The molecule has 0 fully saturated rings. The number of benzene rings is 1. The van der Waals surface area contributed by atoms with Crippen LogP contribution >= 0.6 is 49.9 Å². The van der Waals surface area contributed by atoms with E-state index in [-0.39, 0.29) is 0 Å². The summed E-state index contributed by atoms with van der Waals surface area (Å²) in [5, 5.41) is 10.7. The van der Waals surface area contributed by atoms with Gasteiger partial charge in [0, 0.05) is 12.7 Å². The molecule has 62 valence electrons. The smallest absolute Gasteiger partial charge is 0.172 e. The van der Waals surface area contributed by atoms with E-state index in [1.165, 1.54) is 11.3 Å². The molecule has 1 heterocycles. The molecule has 2 aromatic rings. The number of thiophene rings is 1. The third-order valence-electron chi connectivity index (χ3n) is 1.55. The van der Waals surface area contributed by atoms with Gasteiger partial charge >= 0.3 is 0 Å². The predicted molar refractivity (Wildman–Crippen MR) is 63.9 cm³/mol. The first kappa shape index (κ1) is 8.77. The van der Waals surface area contributed by atoms with Gasteiger partial charge in [-0.2, -0.15) is 0 Å². The highest BCUT2D eigenvalue weighted by atomic mass is 127. The molecule has 0 aliphatic rings. The second-order valence-corrected chi connectivity index (χ2v) is 5.47. The van der Waals surface area contributed by atoms with Gasteiger partial charge in [0.1, 0.15) is 0 Å². The van der Waals surface area contributed by atoms with Gasteiger partial charge in [-0.1, -0.05) is 11.3 Å². The summed E-state index contributed by atoms with van der Waals surface area (Å²) in [6, 6.07) is 5.87. The van der Waals surface area contributed by atoms with Crippen molar-refractivity contribution < 1.29 is 5.11 Å². The third-order valence-corrected chi connectivity index (χ3v) is 4.74. The highest BCUT2D eigenvalue weighted by Crippen LogP contribution is 2.34. The van der Waals surface area contributed by atoms with E-state index in [1.807, 2.05) is 6.07 Å². The molecule has 1 N–H and O–H groups in total. The van der Waals surface area contributed by atoms with Crippen LogP contribution in [0.1, 0.15) is 0 Å². The van der Waals surface area contributed by atoms with Gasteiger partial charge in [0.25, 0.3) is 0 Å². The van der Waals surface area contributed by atoms with Gasteiger partial charge in [0.15, 0.2) is 5.06 Å². The van der Waals surface area contributed by atoms with Crippen LogP contribution in [0, 0.1) is 3.57 Å². The van der Waals surface area contributed by atoms with Gasteiger partial charge in [-0.15, -0.1) is 0 Å². The summed E-state index contributed by atoms with van der Waals surface area (Å²) in [4.78, 5) is 0. The van der Waals surface area contributed by atoms with E-state index in [9.17, 15) is 5.11 Å². The fraction of sp³-hybridized carbons (Fsp3) is 0. The van der Waals surface area contributed by atoms with Crippen LogP contribution in [0.3, 0.4) is 0 Å². The molecule has 12 heavy (non-hydrogen) atoms. The SMILES string of the molecule is Oc1cc2cc(I)c(Br)cc2s1. The molecule has 0 unspecified atom stereocenters. The van der Waals surface area contributed by atoms with Crippen molar-refractivity contribution in [3.8, 4) is 5.06 Å². The number of hydrogen-bond donors (Lipinski definition) is 1. The molecule has 4 heteroatoms. The number of hydrogen-bond acceptors (Lipinski definition) is 2. The van der Waals surface area contributed by atoms with Gasteiger partial charge in [-0.25, -0.2) is 0 Å². The molecule has 0 aliphatic carbocycles. The van der Waals surface area contributed by atoms with Gasteiger partial charge in [0.05, 0.1) is 0 Å². The van der Waals surface area contributed by atoms with E-state index in [1.54, 1.807) is 6.07 Å². The number of aromatic hydroxyl groups is 1. The molecule has 0 atom stereocenters. The maximum Gasteiger partial charge on any atom is 0.172 e. The minimum atomic E-state index is 0.374. The maximum absolute atomic E-state index is 9.24. The van der Waals surface area contributed by atoms with Crippen molar-refractivity contribution in [1.29, 1.82) is 0 Å².